The van der Waals surface area contributed by atoms with Gasteiger partial charge in [-0.15, -0.1) is 0 Å². The van der Waals surface area contributed by atoms with Crippen LogP contribution in [0.4, 0.5) is 0 Å². The molecule has 5 nitrogen and oxygen atoms in total. The second kappa shape index (κ2) is 9.04. The van der Waals surface area contributed by atoms with E-state index in [-0.39, 0.29) is 5.91 Å². The van der Waals surface area contributed by atoms with Crippen molar-refractivity contribution in [2.45, 2.75) is 39.2 Å². The molecule has 1 heterocycles. The number of aryl methyl sites for hydroxylation is 3. The molecule has 3 aromatic carbocycles. The quantitative estimate of drug-likeness (QED) is 0.209. The highest BCUT2D eigenvalue weighted by Gasteiger charge is 2.20. The lowest BCUT2D eigenvalue weighted by molar-refractivity contribution is -0.116. The highest BCUT2D eigenvalue weighted by atomic mass is 16.2. The van der Waals surface area contributed by atoms with Crippen molar-refractivity contribution < 1.29 is 4.79 Å². The number of hydrogen-bond acceptors (Lipinski definition) is 3. The van der Waals surface area contributed by atoms with Crippen LogP contribution in [0.1, 0.15) is 47.0 Å². The van der Waals surface area contributed by atoms with Crippen LogP contribution >= 0.6 is 0 Å². The number of benzene rings is 3. The summed E-state index contributed by atoms with van der Waals surface area (Å²) < 4.78 is 2.34. The van der Waals surface area contributed by atoms with Gasteiger partial charge in [0, 0.05) is 19.0 Å². The molecule has 0 saturated heterocycles. The minimum Gasteiger partial charge on any atom is -0.323 e. The van der Waals surface area contributed by atoms with Gasteiger partial charge in [0.25, 0.3) is 5.91 Å². The molecule has 0 spiro atoms. The molecule has 1 amide bonds. The summed E-state index contributed by atoms with van der Waals surface area (Å²) in [5.74, 6) is 6.23. The number of para-hydroxylation sites is 2. The number of imidazole rings is 1. The lowest BCUT2D eigenvalue weighted by Gasteiger charge is -2.14. The fourth-order valence-corrected chi connectivity index (χ4v) is 4.86. The van der Waals surface area contributed by atoms with E-state index >= 15 is 0 Å². The molecule has 33 heavy (non-hydrogen) atoms. The number of hydrogen-bond donors (Lipinski definition) is 2. The molecule has 1 aromatic heterocycles. The standard InChI is InChI=1S/C28H28N4O/c1-2-7-27-30-25-10-5-6-11-26(25)32(27)18-19-12-15-23-21(16-19)14-13-20-8-3-4-9-22(20)24(23)17-28(33)31-29/h3-6,8-12,15-17H,2,7,13-14,18,29H2,1H3,(H,31,33)/b24-17+. The van der Waals surface area contributed by atoms with E-state index in [4.69, 9.17) is 10.8 Å². The van der Waals surface area contributed by atoms with Crippen molar-refractivity contribution in [2.75, 3.05) is 0 Å². The van der Waals surface area contributed by atoms with Crippen LogP contribution in [-0.2, 0) is 30.6 Å². The van der Waals surface area contributed by atoms with E-state index in [0.717, 1.165) is 60.3 Å². The zero-order chi connectivity index (χ0) is 22.8. The van der Waals surface area contributed by atoms with E-state index in [1.165, 1.54) is 22.2 Å². The Morgan fingerprint density at radius 3 is 2.64 bits per heavy atom. The average molecular weight is 437 g/mol. The number of rotatable bonds is 5. The lowest BCUT2D eigenvalue weighted by Crippen LogP contribution is -2.28. The summed E-state index contributed by atoms with van der Waals surface area (Å²) in [6.07, 6.45) is 5.49. The number of nitrogens with two attached hydrogens (primary N) is 1. The zero-order valence-electron chi connectivity index (χ0n) is 18.8. The molecule has 0 bridgehead atoms. The number of aromatic nitrogens is 2. The molecule has 166 valence electrons. The van der Waals surface area contributed by atoms with Crippen molar-refractivity contribution in [3.05, 3.63) is 106 Å². The van der Waals surface area contributed by atoms with Crippen LogP contribution in [0.15, 0.2) is 72.8 Å². The van der Waals surface area contributed by atoms with E-state index in [2.05, 4.69) is 71.5 Å². The minimum atomic E-state index is -0.300. The second-order valence-corrected chi connectivity index (χ2v) is 8.57. The zero-order valence-corrected chi connectivity index (χ0v) is 18.8. The fraction of sp³-hybridized carbons (Fsp3) is 0.214. The number of carbonyl (C=O) groups excluding carboxylic acids is 1. The predicted octanol–water partition coefficient (Wildman–Crippen LogP) is 4.56. The second-order valence-electron chi connectivity index (χ2n) is 8.57. The highest BCUT2D eigenvalue weighted by Crippen LogP contribution is 2.34. The Morgan fingerprint density at radius 1 is 1.03 bits per heavy atom. The van der Waals surface area contributed by atoms with E-state index < -0.39 is 0 Å². The summed E-state index contributed by atoms with van der Waals surface area (Å²) >= 11 is 0. The summed E-state index contributed by atoms with van der Waals surface area (Å²) in [4.78, 5) is 17.1. The summed E-state index contributed by atoms with van der Waals surface area (Å²) in [5, 5.41) is 0. The van der Waals surface area contributed by atoms with E-state index in [0.29, 0.717) is 0 Å². The first-order chi connectivity index (χ1) is 16.2. The highest BCUT2D eigenvalue weighted by molar-refractivity contribution is 6.00. The third kappa shape index (κ3) is 4.08. The third-order valence-corrected chi connectivity index (χ3v) is 6.40. The van der Waals surface area contributed by atoms with Gasteiger partial charge < -0.3 is 4.57 Å². The Morgan fingerprint density at radius 2 is 1.79 bits per heavy atom. The third-order valence-electron chi connectivity index (χ3n) is 6.40. The van der Waals surface area contributed by atoms with Crippen LogP contribution in [0.5, 0.6) is 0 Å². The van der Waals surface area contributed by atoms with Gasteiger partial charge in [0.2, 0.25) is 0 Å². The summed E-state index contributed by atoms with van der Waals surface area (Å²) in [6, 6.07) is 23.3. The van der Waals surface area contributed by atoms with Gasteiger partial charge in [-0.1, -0.05) is 61.5 Å². The molecule has 0 atom stereocenters. The van der Waals surface area contributed by atoms with Crippen molar-refractivity contribution in [3.63, 3.8) is 0 Å². The van der Waals surface area contributed by atoms with Crippen molar-refractivity contribution in [1.82, 2.24) is 15.0 Å². The van der Waals surface area contributed by atoms with Crippen molar-refractivity contribution >= 4 is 22.5 Å². The number of amides is 1. The Labute approximate surface area is 193 Å². The summed E-state index contributed by atoms with van der Waals surface area (Å²) in [6.45, 7) is 2.97. The van der Waals surface area contributed by atoms with Gasteiger partial charge in [-0.3, -0.25) is 10.2 Å². The molecule has 5 heteroatoms. The molecular formula is C28H28N4O. The van der Waals surface area contributed by atoms with Crippen LogP contribution in [0.3, 0.4) is 0 Å². The normalized spacial score (nSPS) is 14.1. The first-order valence-corrected chi connectivity index (χ1v) is 11.5. The van der Waals surface area contributed by atoms with Crippen LogP contribution in [0, 0.1) is 0 Å². The number of carbonyl (C=O) groups is 1. The van der Waals surface area contributed by atoms with Crippen LogP contribution in [0.2, 0.25) is 0 Å². The lowest BCUT2D eigenvalue weighted by atomic mass is 9.92. The van der Waals surface area contributed by atoms with Gasteiger partial charge in [0.1, 0.15) is 5.82 Å². The fourth-order valence-electron chi connectivity index (χ4n) is 4.86. The van der Waals surface area contributed by atoms with Crippen LogP contribution in [-0.4, -0.2) is 15.5 Å². The number of hydrazine groups is 1. The molecule has 0 radical (unpaired) electrons. The summed E-state index contributed by atoms with van der Waals surface area (Å²) in [7, 11) is 0. The van der Waals surface area contributed by atoms with E-state index in [1.807, 2.05) is 12.1 Å². The molecule has 0 aliphatic heterocycles. The first-order valence-electron chi connectivity index (χ1n) is 11.5. The summed E-state index contributed by atoms with van der Waals surface area (Å²) in [5.41, 5.74) is 11.3. The first kappa shape index (κ1) is 21.2. The Balaban J connectivity index is 1.57. The van der Waals surface area contributed by atoms with Crippen LogP contribution in [0.25, 0.3) is 16.6 Å². The smallest absolute Gasteiger partial charge is 0.258 e. The molecule has 1 aliphatic carbocycles. The Kier molecular flexibility index (Phi) is 5.80. The molecule has 3 N–H and O–H groups in total. The van der Waals surface area contributed by atoms with Gasteiger partial charge in [-0.2, -0.15) is 0 Å². The van der Waals surface area contributed by atoms with Crippen molar-refractivity contribution in [1.29, 1.82) is 0 Å². The van der Waals surface area contributed by atoms with E-state index in [1.54, 1.807) is 6.08 Å². The molecule has 1 aliphatic rings. The molecule has 5 rings (SSSR count). The van der Waals surface area contributed by atoms with Crippen molar-refractivity contribution in [3.8, 4) is 0 Å². The van der Waals surface area contributed by atoms with Gasteiger partial charge in [0.05, 0.1) is 11.0 Å². The monoisotopic (exact) mass is 436 g/mol. The maximum atomic E-state index is 12.2. The van der Waals surface area contributed by atoms with Gasteiger partial charge in [-0.05, 0) is 64.8 Å². The van der Waals surface area contributed by atoms with Gasteiger partial charge in [0.15, 0.2) is 0 Å². The molecular weight excluding hydrogens is 408 g/mol. The topological polar surface area (TPSA) is 72.9 Å². The van der Waals surface area contributed by atoms with Gasteiger partial charge >= 0.3 is 0 Å². The molecule has 0 fully saturated rings. The Bertz CT molecular complexity index is 1370. The number of nitrogens with zero attached hydrogens (tertiary/aromatic N) is 2. The average Bonchev–Trinajstić information content (AvgIpc) is 3.10. The van der Waals surface area contributed by atoms with Gasteiger partial charge in [-0.25, -0.2) is 10.8 Å². The number of fused-ring (bicyclic) bond motifs is 3. The molecule has 0 unspecified atom stereocenters. The number of nitrogens with one attached hydrogen (secondary N) is 1. The predicted molar refractivity (Wildman–Crippen MR) is 133 cm³/mol. The SMILES string of the molecule is CCCc1nc2ccccc2n1Cc1ccc2c(c1)CCc1ccccc1/C2=C\C(=O)NN. The minimum absolute atomic E-state index is 0.300. The maximum Gasteiger partial charge on any atom is 0.258 e. The molecule has 4 aromatic rings. The van der Waals surface area contributed by atoms with Crippen molar-refractivity contribution in [2.24, 2.45) is 5.84 Å². The Hall–Kier alpha value is -3.70. The maximum absolute atomic E-state index is 12.2. The largest absolute Gasteiger partial charge is 0.323 e. The van der Waals surface area contributed by atoms with Crippen LogP contribution < -0.4 is 11.3 Å². The molecule has 0 saturated carbocycles. The van der Waals surface area contributed by atoms with E-state index in [9.17, 15) is 4.79 Å².